The molecule has 0 aliphatic carbocycles. The number of hydrogen-bond donors (Lipinski definition) is 2. The van der Waals surface area contributed by atoms with Crippen molar-refractivity contribution in [2.45, 2.75) is 12.8 Å². The Morgan fingerprint density at radius 1 is 1.44 bits per heavy atom. The van der Waals surface area contributed by atoms with Crippen molar-refractivity contribution in [3.05, 3.63) is 36.0 Å². The Labute approximate surface area is 105 Å². The predicted octanol–water partition coefficient (Wildman–Crippen LogP) is 2.12. The first kappa shape index (κ1) is 12.6. The molecule has 3 N–H and O–H groups in total. The summed E-state index contributed by atoms with van der Waals surface area (Å²) in [6, 6.07) is 4.74. The van der Waals surface area contributed by atoms with Gasteiger partial charge in [0.15, 0.2) is 0 Å². The summed E-state index contributed by atoms with van der Waals surface area (Å²) >= 11 is 0. The minimum atomic E-state index is -0.330. The number of hydrogen-bond acceptors (Lipinski definition) is 3. The molecule has 96 valence electrons. The molecule has 0 atom stereocenters. The molecule has 0 bridgehead atoms. The van der Waals surface area contributed by atoms with E-state index < -0.39 is 0 Å². The Kier molecular flexibility index (Phi) is 3.94. The van der Waals surface area contributed by atoms with Crippen molar-refractivity contribution >= 4 is 0 Å². The maximum absolute atomic E-state index is 13.8. The Hall–Kier alpha value is -1.88. The van der Waals surface area contributed by atoms with Gasteiger partial charge in [-0.3, -0.25) is 0 Å². The van der Waals surface area contributed by atoms with Crippen LogP contribution in [0.3, 0.4) is 0 Å². The van der Waals surface area contributed by atoms with E-state index in [1.54, 1.807) is 18.3 Å². The molecular formula is C13H16FN3O. The second-order valence-corrected chi connectivity index (χ2v) is 3.95. The van der Waals surface area contributed by atoms with E-state index in [0.29, 0.717) is 23.6 Å². The molecule has 0 aliphatic rings. The molecule has 0 saturated carbocycles. The summed E-state index contributed by atoms with van der Waals surface area (Å²) in [6.45, 7) is 0.610. The van der Waals surface area contributed by atoms with E-state index in [-0.39, 0.29) is 5.82 Å². The minimum Gasteiger partial charge on any atom is -0.496 e. The fraction of sp³-hybridized carbons (Fsp3) is 0.308. The molecule has 2 rings (SSSR count). The van der Waals surface area contributed by atoms with Gasteiger partial charge in [0.05, 0.1) is 24.6 Å². The van der Waals surface area contributed by atoms with Gasteiger partial charge in [-0.05, 0) is 25.1 Å². The highest BCUT2D eigenvalue weighted by atomic mass is 19.1. The monoisotopic (exact) mass is 249 g/mol. The van der Waals surface area contributed by atoms with Crippen LogP contribution in [-0.4, -0.2) is 23.6 Å². The van der Waals surface area contributed by atoms with E-state index in [0.717, 1.165) is 18.7 Å². The lowest BCUT2D eigenvalue weighted by atomic mass is 10.1. The number of methoxy groups -OCH3 is 1. The molecular weight excluding hydrogens is 233 g/mol. The van der Waals surface area contributed by atoms with Gasteiger partial charge in [0.25, 0.3) is 0 Å². The van der Waals surface area contributed by atoms with Gasteiger partial charge in [-0.2, -0.15) is 0 Å². The lowest BCUT2D eigenvalue weighted by Gasteiger charge is -2.07. The number of ether oxygens (including phenoxy) is 1. The molecule has 18 heavy (non-hydrogen) atoms. The third-order valence-electron chi connectivity index (χ3n) is 2.71. The van der Waals surface area contributed by atoms with Crippen LogP contribution in [0.1, 0.15) is 12.2 Å². The number of aromatic nitrogens is 2. The van der Waals surface area contributed by atoms with Crippen LogP contribution in [0.15, 0.2) is 24.4 Å². The fourth-order valence-corrected chi connectivity index (χ4v) is 1.82. The molecule has 0 spiro atoms. The van der Waals surface area contributed by atoms with Crippen molar-refractivity contribution < 1.29 is 9.13 Å². The summed E-state index contributed by atoms with van der Waals surface area (Å²) in [6.07, 6.45) is 3.22. The first-order valence-electron chi connectivity index (χ1n) is 5.83. The lowest BCUT2D eigenvalue weighted by molar-refractivity contribution is 0.413. The summed E-state index contributed by atoms with van der Waals surface area (Å²) in [5.74, 6) is 0.966. The van der Waals surface area contributed by atoms with E-state index in [9.17, 15) is 4.39 Å². The smallest absolute Gasteiger partial charge is 0.136 e. The molecule has 1 heterocycles. The molecule has 4 nitrogen and oxygen atoms in total. The standard InChI is InChI=1S/C13H16FN3O/c1-18-11-5-2-4-9(14)13(11)10-8-16-12(17-10)6-3-7-15/h2,4-5,8H,3,6-7,15H2,1H3,(H,16,17). The van der Waals surface area contributed by atoms with E-state index >= 15 is 0 Å². The van der Waals surface area contributed by atoms with Crippen molar-refractivity contribution in [1.29, 1.82) is 0 Å². The SMILES string of the molecule is COc1cccc(F)c1-c1cnc(CCCN)[nH]1. The Bertz CT molecular complexity index is 525. The highest BCUT2D eigenvalue weighted by Gasteiger charge is 2.13. The second-order valence-electron chi connectivity index (χ2n) is 3.95. The van der Waals surface area contributed by atoms with Crippen molar-refractivity contribution in [1.82, 2.24) is 9.97 Å². The van der Waals surface area contributed by atoms with Gasteiger partial charge in [0, 0.05) is 6.42 Å². The number of H-pyrrole nitrogens is 1. The van der Waals surface area contributed by atoms with Crippen LogP contribution in [0.25, 0.3) is 11.3 Å². The van der Waals surface area contributed by atoms with Gasteiger partial charge in [0.2, 0.25) is 0 Å². The summed E-state index contributed by atoms with van der Waals surface area (Å²) in [4.78, 5) is 7.31. The highest BCUT2D eigenvalue weighted by Crippen LogP contribution is 2.31. The van der Waals surface area contributed by atoms with Crippen LogP contribution in [0.2, 0.25) is 0 Å². The first-order valence-corrected chi connectivity index (χ1v) is 5.83. The van der Waals surface area contributed by atoms with Crippen LogP contribution < -0.4 is 10.5 Å². The zero-order chi connectivity index (χ0) is 13.0. The van der Waals surface area contributed by atoms with Crippen molar-refractivity contribution in [2.24, 2.45) is 5.73 Å². The summed E-state index contributed by atoms with van der Waals surface area (Å²) in [5, 5.41) is 0. The average Bonchev–Trinajstić information content (AvgIpc) is 2.84. The summed E-state index contributed by atoms with van der Waals surface area (Å²) in [7, 11) is 1.52. The molecule has 1 aromatic carbocycles. The first-order chi connectivity index (χ1) is 8.76. The summed E-state index contributed by atoms with van der Waals surface area (Å²) in [5.41, 5.74) is 6.47. The zero-order valence-corrected chi connectivity index (χ0v) is 10.2. The number of aryl methyl sites for hydroxylation is 1. The molecule has 5 heteroatoms. The number of nitrogens with two attached hydrogens (primary N) is 1. The van der Waals surface area contributed by atoms with Gasteiger partial charge in [-0.1, -0.05) is 6.07 Å². The molecule has 1 aromatic heterocycles. The van der Waals surface area contributed by atoms with Crippen LogP contribution in [0.5, 0.6) is 5.75 Å². The Balaban J connectivity index is 2.33. The number of nitrogens with one attached hydrogen (secondary N) is 1. The Morgan fingerprint density at radius 3 is 3.00 bits per heavy atom. The second kappa shape index (κ2) is 5.64. The van der Waals surface area contributed by atoms with Crippen LogP contribution in [0.4, 0.5) is 4.39 Å². The van der Waals surface area contributed by atoms with Crippen molar-refractivity contribution in [3.8, 4) is 17.0 Å². The van der Waals surface area contributed by atoms with Gasteiger partial charge in [0.1, 0.15) is 17.4 Å². The maximum Gasteiger partial charge on any atom is 0.136 e. The molecule has 0 saturated heterocycles. The fourth-order valence-electron chi connectivity index (χ4n) is 1.82. The van der Waals surface area contributed by atoms with Crippen LogP contribution in [-0.2, 0) is 6.42 Å². The lowest BCUT2D eigenvalue weighted by Crippen LogP contribution is -2.01. The number of aromatic amines is 1. The predicted molar refractivity (Wildman–Crippen MR) is 67.9 cm³/mol. The quantitative estimate of drug-likeness (QED) is 0.853. The molecule has 0 unspecified atom stereocenters. The Morgan fingerprint density at radius 2 is 2.28 bits per heavy atom. The van der Waals surface area contributed by atoms with E-state index in [2.05, 4.69) is 9.97 Å². The number of imidazole rings is 1. The van der Waals surface area contributed by atoms with Crippen LogP contribution in [0, 0.1) is 5.82 Å². The number of rotatable bonds is 5. The van der Waals surface area contributed by atoms with Gasteiger partial charge < -0.3 is 15.5 Å². The van der Waals surface area contributed by atoms with Gasteiger partial charge in [-0.15, -0.1) is 0 Å². The van der Waals surface area contributed by atoms with Crippen molar-refractivity contribution in [3.63, 3.8) is 0 Å². The van der Waals surface area contributed by atoms with Gasteiger partial charge in [-0.25, -0.2) is 9.37 Å². The average molecular weight is 249 g/mol. The zero-order valence-electron chi connectivity index (χ0n) is 10.2. The number of nitrogens with zero attached hydrogens (tertiary/aromatic N) is 1. The highest BCUT2D eigenvalue weighted by molar-refractivity contribution is 5.67. The third kappa shape index (κ3) is 2.51. The summed E-state index contributed by atoms with van der Waals surface area (Å²) < 4.78 is 19.0. The van der Waals surface area contributed by atoms with Gasteiger partial charge >= 0.3 is 0 Å². The maximum atomic E-state index is 13.8. The largest absolute Gasteiger partial charge is 0.496 e. The van der Waals surface area contributed by atoms with Crippen molar-refractivity contribution in [2.75, 3.05) is 13.7 Å². The van der Waals surface area contributed by atoms with E-state index in [1.165, 1.54) is 13.2 Å². The minimum absolute atomic E-state index is 0.330. The normalized spacial score (nSPS) is 10.6. The number of halogens is 1. The molecule has 0 radical (unpaired) electrons. The molecule has 2 aromatic rings. The van der Waals surface area contributed by atoms with Crippen LogP contribution >= 0.6 is 0 Å². The molecule has 0 aliphatic heterocycles. The molecule has 0 amide bonds. The molecule has 0 fully saturated rings. The topological polar surface area (TPSA) is 63.9 Å². The van der Waals surface area contributed by atoms with E-state index in [4.69, 9.17) is 10.5 Å². The number of benzene rings is 1. The van der Waals surface area contributed by atoms with E-state index in [1.807, 2.05) is 0 Å². The third-order valence-corrected chi connectivity index (χ3v) is 2.71.